The van der Waals surface area contributed by atoms with Gasteiger partial charge in [-0.2, -0.15) is 9.78 Å². The third-order valence-corrected chi connectivity index (χ3v) is 6.20. The lowest BCUT2D eigenvalue weighted by molar-refractivity contribution is -0.115. The van der Waals surface area contributed by atoms with Crippen LogP contribution in [0, 0.1) is 13.8 Å². The van der Waals surface area contributed by atoms with Crippen molar-refractivity contribution in [2.24, 2.45) is 0 Å². The number of para-hydroxylation sites is 1. The van der Waals surface area contributed by atoms with E-state index in [9.17, 15) is 9.59 Å². The molecule has 7 nitrogen and oxygen atoms in total. The summed E-state index contributed by atoms with van der Waals surface area (Å²) in [6.07, 6.45) is 1.54. The Morgan fingerprint density at radius 3 is 2.53 bits per heavy atom. The van der Waals surface area contributed by atoms with Gasteiger partial charge < -0.3 is 10.1 Å². The second-order valence-corrected chi connectivity index (χ2v) is 8.67. The number of benzene rings is 3. The summed E-state index contributed by atoms with van der Waals surface area (Å²) in [5.74, 6) is -0.0888. The van der Waals surface area contributed by atoms with E-state index in [4.69, 9.17) is 9.72 Å². The number of fused-ring (bicyclic) bond motifs is 2. The predicted octanol–water partition coefficient (Wildman–Crippen LogP) is 5.55. The number of aromatic nitrogens is 3. The van der Waals surface area contributed by atoms with Crippen LogP contribution in [-0.2, 0) is 16.0 Å². The maximum absolute atomic E-state index is 13.2. The minimum Gasteiger partial charge on any atom is -0.462 e. The number of hydrogen-bond donors (Lipinski definition) is 1. The fraction of sp³-hybridized carbons (Fsp3) is 0.172. The summed E-state index contributed by atoms with van der Waals surface area (Å²) in [6, 6.07) is 21.7. The fourth-order valence-corrected chi connectivity index (χ4v) is 4.45. The molecule has 36 heavy (non-hydrogen) atoms. The second-order valence-electron chi connectivity index (χ2n) is 8.67. The summed E-state index contributed by atoms with van der Waals surface area (Å²) in [5.41, 5.74) is 3.95. The van der Waals surface area contributed by atoms with Crippen LogP contribution in [0.3, 0.4) is 0 Å². The molecule has 0 aliphatic heterocycles. The van der Waals surface area contributed by atoms with Crippen molar-refractivity contribution < 1.29 is 14.3 Å². The fourth-order valence-electron chi connectivity index (χ4n) is 4.45. The van der Waals surface area contributed by atoms with Gasteiger partial charge in [0.1, 0.15) is 5.56 Å². The molecule has 1 N–H and O–H groups in total. The third kappa shape index (κ3) is 4.31. The minimum absolute atomic E-state index is 0.137. The molecule has 0 aliphatic carbocycles. The zero-order chi connectivity index (χ0) is 25.2. The first-order valence-electron chi connectivity index (χ1n) is 11.8. The van der Waals surface area contributed by atoms with Gasteiger partial charge in [-0.3, -0.25) is 4.79 Å². The summed E-state index contributed by atoms with van der Waals surface area (Å²) in [6.45, 7) is 5.94. The van der Waals surface area contributed by atoms with Crippen molar-refractivity contribution in [2.45, 2.75) is 27.2 Å². The molecule has 180 valence electrons. The number of ether oxygens (including phenoxy) is 1. The molecule has 0 spiro atoms. The van der Waals surface area contributed by atoms with Crippen LogP contribution in [0.1, 0.15) is 34.0 Å². The highest BCUT2D eigenvalue weighted by Gasteiger charge is 2.23. The Bertz CT molecular complexity index is 1620. The summed E-state index contributed by atoms with van der Waals surface area (Å²) < 4.78 is 6.72. The van der Waals surface area contributed by atoms with Gasteiger partial charge in [-0.05, 0) is 54.3 Å². The molecule has 0 unspecified atom stereocenters. The SMILES string of the molecule is CCOC(=O)c1cnn(-c2cc(C)c3cccc(C)c3n2)c1NC(=O)Cc1cccc2ccccc12. The van der Waals surface area contributed by atoms with E-state index in [1.165, 1.54) is 10.9 Å². The molecule has 2 aromatic heterocycles. The van der Waals surface area contributed by atoms with Gasteiger partial charge in [0.05, 0.1) is 24.7 Å². The Morgan fingerprint density at radius 1 is 0.944 bits per heavy atom. The first-order valence-corrected chi connectivity index (χ1v) is 11.8. The molecule has 5 rings (SSSR count). The predicted molar refractivity (Wildman–Crippen MR) is 141 cm³/mol. The molecule has 5 aromatic rings. The first-order chi connectivity index (χ1) is 17.5. The number of amides is 1. The number of rotatable bonds is 6. The normalized spacial score (nSPS) is 11.1. The maximum atomic E-state index is 13.2. The van der Waals surface area contributed by atoms with Crippen LogP contribution in [0.15, 0.2) is 72.9 Å². The van der Waals surface area contributed by atoms with E-state index < -0.39 is 5.97 Å². The Morgan fingerprint density at radius 2 is 1.69 bits per heavy atom. The van der Waals surface area contributed by atoms with E-state index >= 15 is 0 Å². The molecule has 3 aromatic carbocycles. The number of aryl methyl sites for hydroxylation is 2. The Hall–Kier alpha value is -4.52. The molecular weight excluding hydrogens is 452 g/mol. The topological polar surface area (TPSA) is 86.1 Å². The van der Waals surface area contributed by atoms with Gasteiger partial charge in [0.25, 0.3) is 0 Å². The van der Waals surface area contributed by atoms with E-state index in [0.29, 0.717) is 5.82 Å². The number of carbonyl (C=O) groups excluding carboxylic acids is 2. The van der Waals surface area contributed by atoms with Crippen molar-refractivity contribution in [1.29, 1.82) is 0 Å². The van der Waals surface area contributed by atoms with Crippen LogP contribution in [-0.4, -0.2) is 33.2 Å². The van der Waals surface area contributed by atoms with E-state index in [0.717, 1.165) is 38.4 Å². The highest BCUT2D eigenvalue weighted by molar-refractivity contribution is 6.02. The van der Waals surface area contributed by atoms with E-state index in [2.05, 4.69) is 10.4 Å². The van der Waals surface area contributed by atoms with Crippen LogP contribution >= 0.6 is 0 Å². The van der Waals surface area contributed by atoms with Gasteiger partial charge in [0, 0.05) is 5.39 Å². The number of nitrogens with one attached hydrogen (secondary N) is 1. The van der Waals surface area contributed by atoms with Gasteiger partial charge in [-0.1, -0.05) is 60.7 Å². The van der Waals surface area contributed by atoms with Crippen LogP contribution in [0.25, 0.3) is 27.5 Å². The van der Waals surface area contributed by atoms with Gasteiger partial charge in [-0.25, -0.2) is 9.78 Å². The zero-order valence-corrected chi connectivity index (χ0v) is 20.4. The number of hydrogen-bond acceptors (Lipinski definition) is 5. The Labute approximate surface area is 208 Å². The molecule has 0 atom stereocenters. The maximum Gasteiger partial charge on any atom is 0.343 e. The monoisotopic (exact) mass is 478 g/mol. The molecule has 0 saturated heterocycles. The summed E-state index contributed by atoms with van der Waals surface area (Å²) in [4.78, 5) is 30.8. The van der Waals surface area contributed by atoms with Crippen molar-refractivity contribution in [3.63, 3.8) is 0 Å². The molecule has 0 bridgehead atoms. The molecular formula is C29H26N4O3. The second kappa shape index (κ2) is 9.62. The van der Waals surface area contributed by atoms with Gasteiger partial charge >= 0.3 is 5.97 Å². The largest absolute Gasteiger partial charge is 0.462 e. The number of carbonyl (C=O) groups is 2. The number of esters is 1. The molecule has 7 heteroatoms. The van der Waals surface area contributed by atoms with Crippen molar-refractivity contribution in [3.8, 4) is 5.82 Å². The average Bonchev–Trinajstić information content (AvgIpc) is 3.28. The van der Waals surface area contributed by atoms with E-state index in [1.807, 2.05) is 80.6 Å². The lowest BCUT2D eigenvalue weighted by atomic mass is 10.0. The van der Waals surface area contributed by atoms with E-state index in [1.54, 1.807) is 6.92 Å². The van der Waals surface area contributed by atoms with E-state index in [-0.39, 0.29) is 30.3 Å². The van der Waals surface area contributed by atoms with Crippen LogP contribution in [0.5, 0.6) is 0 Å². The summed E-state index contributed by atoms with van der Waals surface area (Å²) in [7, 11) is 0. The third-order valence-electron chi connectivity index (χ3n) is 6.20. The summed E-state index contributed by atoms with van der Waals surface area (Å²) in [5, 5.41) is 10.4. The van der Waals surface area contributed by atoms with Gasteiger partial charge in [0.15, 0.2) is 11.6 Å². The van der Waals surface area contributed by atoms with Crippen LogP contribution in [0.4, 0.5) is 5.82 Å². The average molecular weight is 479 g/mol. The lowest BCUT2D eigenvalue weighted by Gasteiger charge is -2.13. The molecule has 0 fully saturated rings. The molecule has 2 heterocycles. The minimum atomic E-state index is -0.557. The Balaban J connectivity index is 1.55. The highest BCUT2D eigenvalue weighted by Crippen LogP contribution is 2.26. The van der Waals surface area contributed by atoms with Crippen molar-refractivity contribution in [3.05, 3.63) is 95.2 Å². The quantitative estimate of drug-likeness (QED) is 0.324. The highest BCUT2D eigenvalue weighted by atomic mass is 16.5. The molecule has 0 radical (unpaired) electrons. The lowest BCUT2D eigenvalue weighted by Crippen LogP contribution is -2.20. The Kier molecular flexibility index (Phi) is 6.21. The summed E-state index contributed by atoms with van der Waals surface area (Å²) >= 11 is 0. The standard InChI is InChI=1S/C29H26N4O3/c1-4-36-29(35)24-17-30-33(25-15-19(3)22-14-7-9-18(2)27(22)31-25)28(24)32-26(34)16-21-12-8-11-20-10-5-6-13-23(20)21/h5-15,17H,4,16H2,1-3H3,(H,32,34). The van der Waals surface area contributed by atoms with Gasteiger partial charge in [0.2, 0.25) is 5.91 Å². The van der Waals surface area contributed by atoms with Crippen molar-refractivity contribution in [2.75, 3.05) is 11.9 Å². The first kappa shape index (κ1) is 23.2. The molecule has 0 saturated carbocycles. The van der Waals surface area contributed by atoms with Crippen LogP contribution < -0.4 is 5.32 Å². The van der Waals surface area contributed by atoms with Gasteiger partial charge in [-0.15, -0.1) is 0 Å². The van der Waals surface area contributed by atoms with Crippen molar-refractivity contribution >= 4 is 39.4 Å². The number of nitrogens with zero attached hydrogens (tertiary/aromatic N) is 3. The smallest absolute Gasteiger partial charge is 0.343 e. The number of anilines is 1. The van der Waals surface area contributed by atoms with Crippen molar-refractivity contribution in [1.82, 2.24) is 14.8 Å². The zero-order valence-electron chi connectivity index (χ0n) is 20.4. The molecule has 0 aliphatic rings. The number of pyridine rings is 1. The van der Waals surface area contributed by atoms with Crippen LogP contribution in [0.2, 0.25) is 0 Å². The molecule has 1 amide bonds.